The fourth-order valence-corrected chi connectivity index (χ4v) is 7.55. The zero-order valence-electron chi connectivity index (χ0n) is 25.2. The lowest BCUT2D eigenvalue weighted by molar-refractivity contribution is -0.144. The predicted octanol–water partition coefficient (Wildman–Crippen LogP) is 1.40. The molecular formula is C30H44N6O6S. The average Bonchev–Trinajstić information content (AvgIpc) is 3.88. The van der Waals surface area contributed by atoms with Crippen LogP contribution in [-0.2, 0) is 29.2 Å². The van der Waals surface area contributed by atoms with Gasteiger partial charge in [-0.25, -0.2) is 8.42 Å². The number of likely N-dealkylation sites (tertiary alicyclic amines) is 1. The second-order valence-corrected chi connectivity index (χ2v) is 15.5. The van der Waals surface area contributed by atoms with Crippen molar-refractivity contribution in [3.05, 3.63) is 37.2 Å². The van der Waals surface area contributed by atoms with Crippen molar-refractivity contribution < 1.29 is 27.6 Å². The highest BCUT2D eigenvalue weighted by Gasteiger charge is 2.64. The molecule has 1 aliphatic heterocycles. The Morgan fingerprint density at radius 2 is 1.84 bits per heavy atom. The Bertz CT molecular complexity index is 1360. The van der Waals surface area contributed by atoms with E-state index in [1.54, 1.807) is 20.8 Å². The van der Waals surface area contributed by atoms with Crippen LogP contribution >= 0.6 is 0 Å². The highest BCUT2D eigenvalue weighted by atomic mass is 32.2. The highest BCUT2D eigenvalue weighted by molar-refractivity contribution is 7.91. The van der Waals surface area contributed by atoms with Gasteiger partial charge in [0.1, 0.15) is 17.6 Å². The number of carbonyl (C=O) groups is 4. The van der Waals surface area contributed by atoms with E-state index in [2.05, 4.69) is 33.5 Å². The van der Waals surface area contributed by atoms with Crippen LogP contribution in [0, 0.1) is 17.3 Å². The molecule has 3 aliphatic carbocycles. The Balaban J connectivity index is 1.46. The number of nitrogens with zero attached hydrogens (tertiary/aromatic N) is 2. The van der Waals surface area contributed by atoms with Gasteiger partial charge < -0.3 is 21.3 Å². The second-order valence-electron chi connectivity index (χ2n) is 13.4. The van der Waals surface area contributed by atoms with Crippen LogP contribution in [0.15, 0.2) is 42.2 Å². The Hall–Kier alpha value is -3.48. The van der Waals surface area contributed by atoms with Crippen LogP contribution < -0.4 is 21.1 Å². The third-order valence-corrected chi connectivity index (χ3v) is 11.1. The van der Waals surface area contributed by atoms with E-state index >= 15 is 0 Å². The summed E-state index contributed by atoms with van der Waals surface area (Å²) in [5, 5.41) is 5.52. The maximum atomic E-state index is 13.8. The third kappa shape index (κ3) is 6.86. The van der Waals surface area contributed by atoms with Crippen molar-refractivity contribution >= 4 is 39.9 Å². The number of amides is 4. The molecule has 4 fully saturated rings. The molecule has 4 aliphatic rings. The lowest BCUT2D eigenvalue weighted by Gasteiger charge is -2.35. The van der Waals surface area contributed by atoms with Crippen molar-refractivity contribution in [1.29, 1.82) is 0 Å². The molecule has 1 unspecified atom stereocenters. The van der Waals surface area contributed by atoms with Crippen LogP contribution in [0.3, 0.4) is 0 Å². The van der Waals surface area contributed by atoms with E-state index in [1.807, 2.05) is 0 Å². The molecule has 1 saturated heterocycles. The maximum Gasteiger partial charge on any atom is 0.259 e. The van der Waals surface area contributed by atoms with Crippen LogP contribution in [-0.4, -0.2) is 72.1 Å². The van der Waals surface area contributed by atoms with Gasteiger partial charge in [0.05, 0.1) is 10.3 Å². The molecule has 0 bridgehead atoms. The first-order valence-electron chi connectivity index (χ1n) is 14.8. The maximum absolute atomic E-state index is 13.8. The van der Waals surface area contributed by atoms with E-state index in [0.29, 0.717) is 38.0 Å². The third-order valence-electron chi connectivity index (χ3n) is 8.93. The van der Waals surface area contributed by atoms with E-state index in [9.17, 15) is 27.6 Å². The summed E-state index contributed by atoms with van der Waals surface area (Å²) in [6, 6.07) is -1.89. The molecule has 236 valence electrons. The van der Waals surface area contributed by atoms with Crippen LogP contribution in [0.5, 0.6) is 0 Å². The Labute approximate surface area is 253 Å². The number of hydrogen-bond donors (Lipinski definition) is 4. The van der Waals surface area contributed by atoms with E-state index in [1.165, 1.54) is 29.6 Å². The van der Waals surface area contributed by atoms with Crippen LogP contribution in [0.4, 0.5) is 0 Å². The zero-order chi connectivity index (χ0) is 31.8. The van der Waals surface area contributed by atoms with Gasteiger partial charge in [-0.1, -0.05) is 46.3 Å². The molecule has 4 atom stereocenters. The second kappa shape index (κ2) is 11.9. The van der Waals surface area contributed by atoms with E-state index < -0.39 is 67.4 Å². The number of aliphatic imine (C=N–C) groups is 1. The van der Waals surface area contributed by atoms with Crippen molar-refractivity contribution in [2.24, 2.45) is 28.0 Å². The largest absolute Gasteiger partial charge is 0.403 e. The standard InChI is InChI=1S/C30H44N6O6S/c1-6-21-17-30(21,27(40)35-43(41,42)29(11-12-29)16-20-9-10-20)34-25(38)22-8-7-15-36(22)26(39)23(28(3,4)5)33-24(37)19(2)18-32-14-13-31/h6,13-14,18,20-23H,1-2,7-12,15-17,31H2,3-5H3,(H,33,37)(H,34,38)(H,35,40)/b14-13-,32-18?/t21-,22+,23?,30-/m1/s1. The molecule has 4 rings (SSSR count). The summed E-state index contributed by atoms with van der Waals surface area (Å²) in [6.07, 6.45) is 9.96. The van der Waals surface area contributed by atoms with Crippen LogP contribution in [0.1, 0.15) is 72.1 Å². The number of nitrogens with two attached hydrogens (primary N) is 1. The Kier molecular flexibility index (Phi) is 8.97. The Morgan fingerprint density at radius 1 is 1.16 bits per heavy atom. The van der Waals surface area contributed by atoms with Crippen LogP contribution in [0.2, 0.25) is 0 Å². The summed E-state index contributed by atoms with van der Waals surface area (Å²) < 4.78 is 27.9. The quantitative estimate of drug-likeness (QED) is 0.137. The SMILES string of the molecule is C=C[C@@H]1C[C@]1(NC(=O)[C@@H]1CCCN1C(=O)C(NC(=O)C(=C)C=N/C=C\N)C(C)(C)C)C(=O)NS(=O)(=O)C1(CC2CC2)CC1. The number of sulfonamides is 1. The lowest BCUT2D eigenvalue weighted by Crippen LogP contribution is -2.60. The van der Waals surface area contributed by atoms with Crippen molar-refractivity contribution in [3.63, 3.8) is 0 Å². The molecule has 0 spiro atoms. The van der Waals surface area contributed by atoms with E-state index in [0.717, 1.165) is 12.8 Å². The monoisotopic (exact) mass is 616 g/mol. The van der Waals surface area contributed by atoms with Gasteiger partial charge >= 0.3 is 0 Å². The molecule has 0 aromatic carbocycles. The number of hydrogen-bond acceptors (Lipinski definition) is 8. The molecule has 1 heterocycles. The molecule has 3 saturated carbocycles. The molecule has 0 aromatic heterocycles. The average molecular weight is 617 g/mol. The van der Waals surface area contributed by atoms with Gasteiger partial charge in [0.15, 0.2) is 0 Å². The first kappa shape index (κ1) is 32.4. The van der Waals surface area contributed by atoms with Crippen molar-refractivity contribution in [2.75, 3.05) is 6.54 Å². The summed E-state index contributed by atoms with van der Waals surface area (Å²) in [5.41, 5.74) is 3.10. The van der Waals surface area contributed by atoms with Crippen molar-refractivity contribution in [1.82, 2.24) is 20.3 Å². The van der Waals surface area contributed by atoms with E-state index in [-0.39, 0.29) is 18.5 Å². The minimum atomic E-state index is -3.93. The van der Waals surface area contributed by atoms with Gasteiger partial charge in [0.25, 0.3) is 11.8 Å². The first-order valence-corrected chi connectivity index (χ1v) is 16.3. The number of nitrogens with one attached hydrogen (secondary N) is 3. The molecule has 0 radical (unpaired) electrons. The van der Waals surface area contributed by atoms with Gasteiger partial charge in [0.2, 0.25) is 21.8 Å². The summed E-state index contributed by atoms with van der Waals surface area (Å²) in [7, 11) is -3.93. The summed E-state index contributed by atoms with van der Waals surface area (Å²) >= 11 is 0. The minimum absolute atomic E-state index is 0.0214. The van der Waals surface area contributed by atoms with Crippen LogP contribution in [0.25, 0.3) is 0 Å². The molecule has 13 heteroatoms. The molecule has 4 amide bonds. The highest BCUT2D eigenvalue weighted by Crippen LogP contribution is 2.53. The number of rotatable bonds is 13. The zero-order valence-corrected chi connectivity index (χ0v) is 26.0. The molecule has 5 N–H and O–H groups in total. The molecular weight excluding hydrogens is 572 g/mol. The topological polar surface area (TPSA) is 180 Å². The molecule has 12 nitrogen and oxygen atoms in total. The molecule has 0 aromatic rings. The lowest BCUT2D eigenvalue weighted by atomic mass is 9.85. The van der Waals surface area contributed by atoms with Gasteiger partial charge in [0, 0.05) is 31.1 Å². The smallest absolute Gasteiger partial charge is 0.259 e. The van der Waals surface area contributed by atoms with E-state index in [4.69, 9.17) is 5.73 Å². The fourth-order valence-electron chi connectivity index (χ4n) is 5.81. The van der Waals surface area contributed by atoms with Gasteiger partial charge in [-0.2, -0.15) is 0 Å². The summed E-state index contributed by atoms with van der Waals surface area (Å²) in [4.78, 5) is 59.0. The van der Waals surface area contributed by atoms with Crippen molar-refractivity contribution in [2.45, 2.75) is 94.5 Å². The summed E-state index contributed by atoms with van der Waals surface area (Å²) in [6.45, 7) is 13.1. The van der Waals surface area contributed by atoms with Crippen molar-refractivity contribution in [3.8, 4) is 0 Å². The summed E-state index contributed by atoms with van der Waals surface area (Å²) in [5.74, 6) is -2.42. The first-order chi connectivity index (χ1) is 20.1. The fraction of sp³-hybridized carbons (Fsp3) is 0.633. The van der Waals surface area contributed by atoms with Gasteiger partial charge in [-0.3, -0.25) is 28.9 Å². The predicted molar refractivity (Wildman–Crippen MR) is 163 cm³/mol. The normalized spacial score (nSPS) is 27.0. The van der Waals surface area contributed by atoms with Gasteiger partial charge in [-0.15, -0.1) is 6.58 Å². The Morgan fingerprint density at radius 3 is 2.37 bits per heavy atom. The number of carbonyl (C=O) groups excluding carboxylic acids is 4. The van der Waals surface area contributed by atoms with Gasteiger partial charge in [-0.05, 0) is 49.9 Å². The molecule has 43 heavy (non-hydrogen) atoms. The minimum Gasteiger partial charge on any atom is -0.403 e.